The average Bonchev–Trinajstić information content (AvgIpc) is 3.73. The van der Waals surface area contributed by atoms with E-state index in [2.05, 4.69) is 215 Å². The molecule has 0 saturated carbocycles. The Bertz CT molecular complexity index is 3750. The molecule has 0 aliphatic carbocycles. The maximum absolute atomic E-state index is 5.33. The Hall–Kier alpha value is -7.72. The summed E-state index contributed by atoms with van der Waals surface area (Å²) in [7, 11) is 0. The van der Waals surface area contributed by atoms with E-state index in [1.54, 1.807) is 0 Å². The van der Waals surface area contributed by atoms with Crippen molar-refractivity contribution in [3.05, 3.63) is 217 Å². The molecule has 302 valence electrons. The highest BCUT2D eigenvalue weighted by molar-refractivity contribution is 7.27. The molecule has 0 radical (unpaired) electrons. The highest BCUT2D eigenvalue weighted by atomic mass is 32.1. The average molecular weight is 835 g/mol. The molecule has 0 fully saturated rings. The van der Waals surface area contributed by atoms with Crippen LogP contribution in [-0.2, 0) is 0 Å². The van der Waals surface area contributed by atoms with Gasteiger partial charge < -0.3 is 0 Å². The van der Waals surface area contributed by atoms with Gasteiger partial charge in [-0.3, -0.25) is 4.98 Å². The Labute approximate surface area is 376 Å². The summed E-state index contributed by atoms with van der Waals surface area (Å²) in [6, 6.07) is 70.9. The van der Waals surface area contributed by atoms with Crippen molar-refractivity contribution in [1.82, 2.24) is 9.97 Å². The third kappa shape index (κ3) is 6.39. The van der Waals surface area contributed by atoms with Gasteiger partial charge in [-0.25, -0.2) is 4.98 Å². The zero-order valence-corrected chi connectivity index (χ0v) is 36.7. The van der Waals surface area contributed by atoms with Gasteiger partial charge in [-0.15, -0.1) is 11.3 Å². The number of hydrogen-bond donors (Lipinski definition) is 0. The summed E-state index contributed by atoms with van der Waals surface area (Å²) in [5.41, 5.74) is 19.8. The van der Waals surface area contributed by atoms with Crippen molar-refractivity contribution in [2.45, 2.75) is 20.8 Å². The van der Waals surface area contributed by atoms with Crippen molar-refractivity contribution >= 4 is 64.1 Å². The molecule has 0 amide bonds. The van der Waals surface area contributed by atoms with Crippen LogP contribution in [0.3, 0.4) is 0 Å². The molecule has 0 aliphatic rings. The molecule has 0 N–H and O–H groups in total. The largest absolute Gasteiger partial charge is 0.252 e. The molecular weight excluding hydrogens is 793 g/mol. The first-order valence-corrected chi connectivity index (χ1v) is 22.8. The van der Waals surface area contributed by atoms with Crippen LogP contribution in [0.25, 0.3) is 120 Å². The van der Waals surface area contributed by atoms with Crippen LogP contribution in [-0.4, -0.2) is 9.97 Å². The van der Waals surface area contributed by atoms with Crippen molar-refractivity contribution in [2.24, 2.45) is 0 Å². The van der Waals surface area contributed by atoms with Gasteiger partial charge in [0.05, 0.1) is 22.9 Å². The van der Waals surface area contributed by atoms with Gasteiger partial charge in [-0.1, -0.05) is 163 Å². The van der Waals surface area contributed by atoms with Crippen LogP contribution < -0.4 is 0 Å². The quantitative estimate of drug-likeness (QED) is 0.156. The Kier molecular flexibility index (Phi) is 9.06. The fourth-order valence-electron chi connectivity index (χ4n) is 10.1. The van der Waals surface area contributed by atoms with E-state index >= 15 is 0 Å². The Morgan fingerprint density at radius 1 is 0.344 bits per heavy atom. The zero-order chi connectivity index (χ0) is 42.9. The number of thiophene rings is 1. The minimum atomic E-state index is 0.859. The van der Waals surface area contributed by atoms with Gasteiger partial charge >= 0.3 is 0 Å². The van der Waals surface area contributed by atoms with Crippen molar-refractivity contribution in [3.8, 4) is 66.9 Å². The first-order valence-electron chi connectivity index (χ1n) is 22.0. The number of hydrogen-bond acceptors (Lipinski definition) is 3. The fourth-order valence-corrected chi connectivity index (χ4v) is 11.4. The second-order valence-corrected chi connectivity index (χ2v) is 18.1. The van der Waals surface area contributed by atoms with Crippen LogP contribution in [0.5, 0.6) is 0 Å². The molecule has 12 rings (SSSR count). The lowest BCUT2D eigenvalue weighted by molar-refractivity contribution is 1.31. The number of nitrogens with zero attached hydrogens (tertiary/aromatic N) is 2. The Balaban J connectivity index is 1.04. The topological polar surface area (TPSA) is 25.8 Å². The van der Waals surface area contributed by atoms with Gasteiger partial charge in [0.1, 0.15) is 0 Å². The van der Waals surface area contributed by atoms with Crippen molar-refractivity contribution in [1.29, 1.82) is 0 Å². The molecule has 10 aromatic carbocycles. The monoisotopic (exact) mass is 834 g/mol. The van der Waals surface area contributed by atoms with Gasteiger partial charge in [-0.2, -0.15) is 0 Å². The number of aryl methyl sites for hydroxylation is 3. The van der Waals surface area contributed by atoms with Crippen LogP contribution >= 0.6 is 11.3 Å². The molecule has 2 nitrogen and oxygen atoms in total. The summed E-state index contributed by atoms with van der Waals surface area (Å²) < 4.78 is 2.61. The summed E-state index contributed by atoms with van der Waals surface area (Å²) in [5.74, 6) is 0. The van der Waals surface area contributed by atoms with Crippen LogP contribution in [0.1, 0.15) is 16.7 Å². The number of rotatable bonds is 6. The maximum Gasteiger partial charge on any atom is 0.0979 e. The van der Waals surface area contributed by atoms with E-state index in [0.717, 1.165) is 44.2 Å². The summed E-state index contributed by atoms with van der Waals surface area (Å²) in [4.78, 5) is 10.4. The SMILES string of the molecule is Cc1cc(C)c(-c2cc(-c3ccccc3)cc3c2sc2c(-c4cccc(-c5cccc(-c6cnc7c8ccccc8c8ccccc8c7n6)c5)c4)cc(-c4ccccc4)cc23)c(C)c1. The highest BCUT2D eigenvalue weighted by Gasteiger charge is 2.21. The van der Waals surface area contributed by atoms with Crippen LogP contribution in [0, 0.1) is 20.8 Å². The summed E-state index contributed by atoms with van der Waals surface area (Å²) in [6.07, 6.45) is 1.93. The smallest absolute Gasteiger partial charge is 0.0979 e. The molecule has 0 bridgehead atoms. The first-order chi connectivity index (χ1) is 31.4. The lowest BCUT2D eigenvalue weighted by Gasteiger charge is -2.15. The van der Waals surface area contributed by atoms with E-state index in [1.165, 1.54) is 92.1 Å². The second kappa shape index (κ2) is 15.3. The first kappa shape index (κ1) is 38.0. The second-order valence-electron chi connectivity index (χ2n) is 17.1. The van der Waals surface area contributed by atoms with Crippen molar-refractivity contribution in [2.75, 3.05) is 0 Å². The summed E-state index contributed by atoms with van der Waals surface area (Å²) in [5, 5.41) is 7.20. The van der Waals surface area contributed by atoms with Crippen molar-refractivity contribution in [3.63, 3.8) is 0 Å². The van der Waals surface area contributed by atoms with Crippen LogP contribution in [0.2, 0.25) is 0 Å². The zero-order valence-electron chi connectivity index (χ0n) is 35.9. The molecule has 0 aliphatic heterocycles. The maximum atomic E-state index is 5.33. The normalized spacial score (nSPS) is 11.7. The minimum Gasteiger partial charge on any atom is -0.252 e. The fraction of sp³-hybridized carbons (Fsp3) is 0.0492. The van der Waals surface area contributed by atoms with Gasteiger partial charge in [0.15, 0.2) is 0 Å². The highest BCUT2D eigenvalue weighted by Crippen LogP contribution is 2.49. The molecule has 0 atom stereocenters. The van der Waals surface area contributed by atoms with Crippen LogP contribution in [0.15, 0.2) is 200 Å². The minimum absolute atomic E-state index is 0.859. The van der Waals surface area contributed by atoms with Gasteiger partial charge in [0.25, 0.3) is 0 Å². The molecule has 0 unspecified atom stereocenters. The molecule has 2 aromatic heterocycles. The van der Waals surface area contributed by atoms with Crippen molar-refractivity contribution < 1.29 is 0 Å². The predicted molar refractivity (Wildman–Crippen MR) is 274 cm³/mol. The molecule has 64 heavy (non-hydrogen) atoms. The van der Waals surface area contributed by atoms with E-state index in [1.807, 2.05) is 17.5 Å². The lowest BCUT2D eigenvalue weighted by atomic mass is 9.89. The standard InChI is InChI=1S/C61H42N2S/c1-37-28-38(2)57(39(3)29-37)55-35-47(41-18-8-5-9-19-41)34-54-53-33-46(40-16-6-4-7-17-40)32-52(60(53)64-61(54)55)44-22-14-20-42(30-44)43-21-15-23-45(31-43)56-36-62-58-50-26-12-10-24-48(50)49-25-11-13-27-51(49)59(58)63-56/h4-36H,1-3H3. The third-order valence-electron chi connectivity index (χ3n) is 12.9. The Morgan fingerprint density at radius 3 is 1.42 bits per heavy atom. The molecule has 0 spiro atoms. The number of benzene rings is 10. The molecular formula is C61H42N2S. The lowest BCUT2D eigenvalue weighted by Crippen LogP contribution is -1.92. The van der Waals surface area contributed by atoms with E-state index in [9.17, 15) is 0 Å². The number of aromatic nitrogens is 2. The van der Waals surface area contributed by atoms with Gasteiger partial charge in [-0.05, 0) is 124 Å². The molecule has 0 saturated heterocycles. The van der Waals surface area contributed by atoms with Crippen LogP contribution in [0.4, 0.5) is 0 Å². The third-order valence-corrected chi connectivity index (χ3v) is 14.2. The Morgan fingerprint density at radius 2 is 0.812 bits per heavy atom. The summed E-state index contributed by atoms with van der Waals surface area (Å²) >= 11 is 1.92. The molecule has 2 heterocycles. The molecule has 12 aromatic rings. The van der Waals surface area contributed by atoms with Gasteiger partial charge in [0, 0.05) is 47.6 Å². The van der Waals surface area contributed by atoms with E-state index < -0.39 is 0 Å². The van der Waals surface area contributed by atoms with E-state index in [0.29, 0.717) is 0 Å². The van der Waals surface area contributed by atoms with E-state index in [-0.39, 0.29) is 0 Å². The molecule has 3 heteroatoms. The van der Waals surface area contributed by atoms with E-state index in [4.69, 9.17) is 9.97 Å². The number of fused-ring (bicyclic) bond motifs is 9. The van der Waals surface area contributed by atoms with Gasteiger partial charge in [0.2, 0.25) is 0 Å². The predicted octanol–water partition coefficient (Wildman–Crippen LogP) is 17.2. The summed E-state index contributed by atoms with van der Waals surface area (Å²) in [6.45, 7) is 6.72.